The van der Waals surface area contributed by atoms with Gasteiger partial charge >= 0.3 is 5.97 Å². The highest BCUT2D eigenvalue weighted by atomic mass is 16.5. The number of aliphatic imine (C=N–C) groups is 3. The molecule has 248 valence electrons. The van der Waals surface area contributed by atoms with Gasteiger partial charge in [0.15, 0.2) is 0 Å². The van der Waals surface area contributed by atoms with Crippen LogP contribution in [-0.4, -0.2) is 41.6 Å². The van der Waals surface area contributed by atoms with Crippen molar-refractivity contribution >= 4 is 35.5 Å². The van der Waals surface area contributed by atoms with Crippen molar-refractivity contribution in [3.05, 3.63) is 133 Å². The van der Waals surface area contributed by atoms with E-state index < -0.39 is 0 Å². The quantitative estimate of drug-likeness (QED) is 0.228. The fourth-order valence-corrected chi connectivity index (χ4v) is 7.58. The molecule has 1 aliphatic carbocycles. The lowest BCUT2D eigenvalue weighted by molar-refractivity contribution is -0.140. The van der Waals surface area contributed by atoms with E-state index in [2.05, 4.69) is 51.2 Å². The topological polar surface area (TPSA) is 113 Å². The van der Waals surface area contributed by atoms with Crippen LogP contribution in [0.5, 0.6) is 0 Å². The van der Waals surface area contributed by atoms with Gasteiger partial charge in [-0.2, -0.15) is 0 Å². The van der Waals surface area contributed by atoms with Gasteiger partial charge in [-0.1, -0.05) is 50.3 Å². The maximum atomic E-state index is 12.3. The summed E-state index contributed by atoms with van der Waals surface area (Å²) in [5, 5.41) is 15.0. The summed E-state index contributed by atoms with van der Waals surface area (Å²) in [6, 6.07) is 7.49. The number of nitrogens with zero attached hydrogens (tertiary/aromatic N) is 3. The largest absolute Gasteiger partial charge is 0.511 e. The third-order valence-electron chi connectivity index (χ3n) is 10.5. The van der Waals surface area contributed by atoms with Crippen LogP contribution in [0.2, 0.25) is 0 Å². The van der Waals surface area contributed by atoms with Crippen molar-refractivity contribution in [2.24, 2.45) is 26.8 Å². The molecular weight excluding hydrogens is 612 g/mol. The minimum atomic E-state index is -0.248. The van der Waals surface area contributed by atoms with Crippen molar-refractivity contribution < 1.29 is 19.4 Å². The van der Waals surface area contributed by atoms with Crippen molar-refractivity contribution in [3.63, 3.8) is 0 Å². The summed E-state index contributed by atoms with van der Waals surface area (Å²) in [6.07, 6.45) is 13.3. The molecule has 5 heterocycles. The van der Waals surface area contributed by atoms with Crippen molar-refractivity contribution in [2.75, 3.05) is 7.11 Å². The monoisotopic (exact) mass is 652 g/mol. The van der Waals surface area contributed by atoms with Gasteiger partial charge in [0.25, 0.3) is 0 Å². The van der Waals surface area contributed by atoms with Gasteiger partial charge in [0.2, 0.25) is 0 Å². The fraction of sp³-hybridized carbons (Fsp3) is 0.293. The lowest BCUT2D eigenvalue weighted by Crippen LogP contribution is -2.16. The highest BCUT2D eigenvalue weighted by Crippen LogP contribution is 2.46. The SMILES string of the molecule is CCC1=C(C)C2=NC1=CC1=C(C)C3=C(O)CC(=C4NC(=CC5=NC(=C2)C(/C=C/c2ccc(C=O)cc2)=C5C)[C@@H](C)[C@@H]4CCC(=O)OC)C3=N1. The molecule has 0 unspecified atom stereocenters. The van der Waals surface area contributed by atoms with E-state index in [1.165, 1.54) is 7.11 Å². The number of rotatable bonds is 7. The predicted molar refractivity (Wildman–Crippen MR) is 194 cm³/mol. The summed E-state index contributed by atoms with van der Waals surface area (Å²) in [4.78, 5) is 39.0. The van der Waals surface area contributed by atoms with Crippen molar-refractivity contribution in [3.8, 4) is 0 Å². The number of nitrogens with one attached hydrogen (secondary N) is 1. The molecule has 7 rings (SSSR count). The second kappa shape index (κ2) is 12.6. The first-order valence-corrected chi connectivity index (χ1v) is 16.9. The van der Waals surface area contributed by atoms with E-state index in [0.29, 0.717) is 24.2 Å². The first-order valence-electron chi connectivity index (χ1n) is 16.9. The molecule has 0 spiro atoms. The van der Waals surface area contributed by atoms with Gasteiger partial charge in [-0.15, -0.1) is 0 Å². The number of hydrogen-bond donors (Lipinski definition) is 2. The van der Waals surface area contributed by atoms with Gasteiger partial charge < -0.3 is 15.2 Å². The van der Waals surface area contributed by atoms with Crippen LogP contribution in [0.25, 0.3) is 6.08 Å². The summed E-state index contributed by atoms with van der Waals surface area (Å²) in [6.45, 7) is 10.5. The summed E-state index contributed by atoms with van der Waals surface area (Å²) in [5.41, 5.74) is 15.5. The number of fused-ring (bicyclic) bond motifs is 5. The van der Waals surface area contributed by atoms with E-state index in [4.69, 9.17) is 19.7 Å². The molecule has 0 saturated carbocycles. The van der Waals surface area contributed by atoms with Crippen LogP contribution in [0.3, 0.4) is 0 Å². The molecule has 1 fully saturated rings. The summed E-state index contributed by atoms with van der Waals surface area (Å²) in [7, 11) is 1.42. The third-order valence-corrected chi connectivity index (χ3v) is 10.5. The van der Waals surface area contributed by atoms with Crippen molar-refractivity contribution in [2.45, 2.75) is 60.3 Å². The van der Waals surface area contributed by atoms with Gasteiger partial charge in [0.05, 0.1) is 41.3 Å². The van der Waals surface area contributed by atoms with Gasteiger partial charge in [0, 0.05) is 58.4 Å². The smallest absolute Gasteiger partial charge is 0.305 e. The zero-order chi connectivity index (χ0) is 34.6. The third kappa shape index (κ3) is 5.55. The average molecular weight is 653 g/mol. The Morgan fingerprint density at radius 3 is 2.39 bits per heavy atom. The molecule has 5 aliphatic heterocycles. The van der Waals surface area contributed by atoms with Gasteiger partial charge in [-0.25, -0.2) is 15.0 Å². The Kier molecular flexibility index (Phi) is 8.27. The van der Waals surface area contributed by atoms with Crippen LogP contribution >= 0.6 is 0 Å². The van der Waals surface area contributed by atoms with Crippen LogP contribution in [0, 0.1) is 11.8 Å². The maximum absolute atomic E-state index is 12.3. The van der Waals surface area contributed by atoms with Gasteiger partial charge in [-0.3, -0.25) is 9.59 Å². The average Bonchev–Trinajstić information content (AvgIpc) is 3.85. The molecule has 8 nitrogen and oxygen atoms in total. The van der Waals surface area contributed by atoms with E-state index >= 15 is 0 Å². The number of aliphatic hydroxyl groups excluding tert-OH is 1. The standard InChI is InChI=1S/C41H40N4O4/c1-7-27-21(2)32-18-36-28(13-12-25-8-10-26(20-46)11-9-25)22(3)31(43-36)17-33-23(4)29(14-15-38(48)49-6)40(44-33)30-16-37(47)39-24(5)34(45-41(30)39)19-35(27)42-32/h8-13,17-20,23,29,44,47H,7,14-16H2,1-6H3/b13-12+,33-17?,35-19?,36-18?,40-30?/t23-,29-/m0/s1. The summed E-state index contributed by atoms with van der Waals surface area (Å²) < 4.78 is 5.01. The highest BCUT2D eigenvalue weighted by molar-refractivity contribution is 6.21. The fourth-order valence-electron chi connectivity index (χ4n) is 7.58. The molecule has 2 atom stereocenters. The lowest BCUT2D eigenvalue weighted by atomic mass is 9.86. The van der Waals surface area contributed by atoms with E-state index in [0.717, 1.165) is 103 Å². The zero-order valence-electron chi connectivity index (χ0n) is 28.8. The normalized spacial score (nSPS) is 22.9. The Labute approximate surface area is 286 Å². The summed E-state index contributed by atoms with van der Waals surface area (Å²) >= 11 is 0. The maximum Gasteiger partial charge on any atom is 0.305 e. The number of esters is 1. The van der Waals surface area contributed by atoms with Crippen LogP contribution in [0.1, 0.15) is 76.2 Å². The lowest BCUT2D eigenvalue weighted by Gasteiger charge is -2.17. The Morgan fingerprint density at radius 2 is 1.67 bits per heavy atom. The van der Waals surface area contributed by atoms with Crippen LogP contribution in [0.4, 0.5) is 0 Å². The van der Waals surface area contributed by atoms with Gasteiger partial charge in [0.1, 0.15) is 12.0 Å². The molecule has 0 radical (unpaired) electrons. The predicted octanol–water partition coefficient (Wildman–Crippen LogP) is 8.14. The first kappa shape index (κ1) is 32.2. The van der Waals surface area contributed by atoms with E-state index in [1.54, 1.807) is 0 Å². The van der Waals surface area contributed by atoms with Crippen molar-refractivity contribution in [1.82, 2.24) is 5.32 Å². The highest BCUT2D eigenvalue weighted by Gasteiger charge is 2.41. The van der Waals surface area contributed by atoms with Crippen LogP contribution in [0.15, 0.2) is 137 Å². The Morgan fingerprint density at radius 1 is 0.959 bits per heavy atom. The summed E-state index contributed by atoms with van der Waals surface area (Å²) in [5.74, 6) is 0.0988. The number of aliphatic hydroxyl groups is 1. The number of aldehydes is 1. The molecule has 1 aromatic rings. The van der Waals surface area contributed by atoms with Gasteiger partial charge in [-0.05, 0) is 79.7 Å². The molecule has 0 aromatic heterocycles. The first-order chi connectivity index (χ1) is 23.6. The number of carbonyl (C=O) groups is 2. The number of allylic oxidation sites excluding steroid dienone is 12. The molecular formula is C41H40N4O4. The molecule has 0 amide bonds. The molecule has 8 bridgehead atoms. The molecule has 2 N–H and O–H groups in total. The Bertz CT molecular complexity index is 2100. The molecule has 8 heteroatoms. The number of methoxy groups -OCH3 is 1. The van der Waals surface area contributed by atoms with E-state index in [1.807, 2.05) is 43.3 Å². The molecule has 49 heavy (non-hydrogen) atoms. The number of benzene rings is 1. The Balaban J connectivity index is 1.42. The molecule has 6 aliphatic rings. The minimum absolute atomic E-state index is 0.0116. The second-order valence-corrected chi connectivity index (χ2v) is 13.3. The van der Waals surface area contributed by atoms with Crippen molar-refractivity contribution in [1.29, 1.82) is 0 Å². The molecule has 1 aromatic carbocycles. The van der Waals surface area contributed by atoms with E-state index in [-0.39, 0.29) is 24.2 Å². The minimum Gasteiger partial charge on any atom is -0.511 e. The molecule has 1 saturated heterocycles. The number of ether oxygens (including phenoxy) is 1. The second-order valence-electron chi connectivity index (χ2n) is 13.3. The van der Waals surface area contributed by atoms with E-state index in [9.17, 15) is 14.7 Å². The number of carbonyl (C=O) groups excluding carboxylic acids is 2. The van der Waals surface area contributed by atoms with Crippen LogP contribution < -0.4 is 5.32 Å². The zero-order valence-corrected chi connectivity index (χ0v) is 28.8. The number of hydrogen-bond acceptors (Lipinski definition) is 8. The van der Waals surface area contributed by atoms with Crippen LogP contribution in [-0.2, 0) is 9.53 Å². The Hall–Kier alpha value is -5.37.